The van der Waals surface area contributed by atoms with E-state index >= 15 is 0 Å². The molecule has 8 nitrogen and oxygen atoms in total. The Balaban J connectivity index is 0.00000289. The second-order valence-electron chi connectivity index (χ2n) is 8.64. The fraction of sp³-hybridized carbons (Fsp3) is 0.682. The van der Waals surface area contributed by atoms with E-state index in [4.69, 9.17) is 25.8 Å². The van der Waals surface area contributed by atoms with Gasteiger partial charge in [0.25, 0.3) is 0 Å². The van der Waals surface area contributed by atoms with Crippen LogP contribution in [-0.4, -0.2) is 119 Å². The molecule has 4 rings (SSSR count). The van der Waals surface area contributed by atoms with Gasteiger partial charge in [0, 0.05) is 63.1 Å². The number of carbonyl (C=O) groups is 1. The molecular formula is C22H34Cl2N4O4. The Morgan fingerprint density at radius 3 is 1.97 bits per heavy atom. The molecule has 0 N–H and O–H groups in total. The molecule has 1 aromatic carbocycles. The molecule has 2 atom stereocenters. The summed E-state index contributed by atoms with van der Waals surface area (Å²) < 4.78 is 18.1. The summed E-state index contributed by atoms with van der Waals surface area (Å²) in [6.45, 7) is 7.24. The highest BCUT2D eigenvalue weighted by molar-refractivity contribution is 6.30. The molecule has 0 saturated carbocycles. The van der Waals surface area contributed by atoms with Gasteiger partial charge in [-0.2, -0.15) is 0 Å². The smallest absolute Gasteiger partial charge is 0.410 e. The number of nitrogens with zero attached hydrogens (tertiary/aromatic N) is 4. The molecule has 0 radical (unpaired) electrons. The van der Waals surface area contributed by atoms with Crippen molar-refractivity contribution in [1.82, 2.24) is 14.7 Å². The number of piperazine rings is 1. The third-order valence-electron chi connectivity index (χ3n) is 6.29. The molecule has 3 aliphatic rings. The molecule has 3 saturated heterocycles. The third-order valence-corrected chi connectivity index (χ3v) is 6.54. The van der Waals surface area contributed by atoms with Crippen molar-refractivity contribution >= 4 is 35.8 Å². The first kappa shape index (κ1) is 25.3. The topological polar surface area (TPSA) is 57.7 Å². The highest BCUT2D eigenvalue weighted by Gasteiger charge is 2.39. The number of anilines is 1. The van der Waals surface area contributed by atoms with Gasteiger partial charge in [0.2, 0.25) is 0 Å². The zero-order chi connectivity index (χ0) is 21.8. The molecule has 3 aliphatic heterocycles. The van der Waals surface area contributed by atoms with Crippen molar-refractivity contribution in [3.63, 3.8) is 0 Å². The van der Waals surface area contributed by atoms with Crippen molar-refractivity contribution in [3.8, 4) is 0 Å². The number of hydrogen-bond donors (Lipinski definition) is 0. The van der Waals surface area contributed by atoms with Gasteiger partial charge in [-0.3, -0.25) is 0 Å². The maximum Gasteiger partial charge on any atom is 0.410 e. The van der Waals surface area contributed by atoms with E-state index < -0.39 is 6.10 Å². The average molecular weight is 489 g/mol. The summed E-state index contributed by atoms with van der Waals surface area (Å²) in [4.78, 5) is 21.6. The van der Waals surface area contributed by atoms with Crippen molar-refractivity contribution in [3.05, 3.63) is 29.3 Å². The fourth-order valence-corrected chi connectivity index (χ4v) is 4.53. The monoisotopic (exact) mass is 488 g/mol. The van der Waals surface area contributed by atoms with Gasteiger partial charge >= 0.3 is 6.09 Å². The van der Waals surface area contributed by atoms with E-state index in [1.165, 1.54) is 0 Å². The number of amides is 1. The van der Waals surface area contributed by atoms with Gasteiger partial charge < -0.3 is 33.8 Å². The van der Waals surface area contributed by atoms with E-state index in [9.17, 15) is 4.79 Å². The van der Waals surface area contributed by atoms with Crippen molar-refractivity contribution in [2.75, 3.05) is 84.6 Å². The summed E-state index contributed by atoms with van der Waals surface area (Å²) in [6.07, 6.45) is -1.08. The van der Waals surface area contributed by atoms with E-state index in [2.05, 4.69) is 28.8 Å². The molecule has 1 amide bonds. The van der Waals surface area contributed by atoms with Crippen LogP contribution in [-0.2, 0) is 14.2 Å². The minimum Gasteiger partial charge on any atom is -0.440 e. The van der Waals surface area contributed by atoms with Crippen molar-refractivity contribution in [2.24, 2.45) is 0 Å². The summed E-state index contributed by atoms with van der Waals surface area (Å²) in [6, 6.07) is 7.81. The number of likely N-dealkylation sites (N-methyl/N-ethyl adjacent to an activating group) is 2. The average Bonchev–Trinajstić information content (AvgIpc) is 2.78. The Kier molecular flexibility index (Phi) is 9.28. The van der Waals surface area contributed by atoms with Gasteiger partial charge in [-0.25, -0.2) is 4.79 Å². The molecular weight excluding hydrogens is 455 g/mol. The number of ether oxygens (including phenoxy) is 3. The van der Waals surface area contributed by atoms with Gasteiger partial charge in [-0.15, -0.1) is 12.4 Å². The molecule has 2 unspecified atom stereocenters. The lowest BCUT2D eigenvalue weighted by Crippen LogP contribution is -2.58. The van der Waals surface area contributed by atoms with Crippen LogP contribution < -0.4 is 4.90 Å². The summed E-state index contributed by atoms with van der Waals surface area (Å²) >= 11 is 6.00. The Morgan fingerprint density at radius 2 is 1.47 bits per heavy atom. The maximum absolute atomic E-state index is 13.1. The normalized spacial score (nSPS) is 26.3. The van der Waals surface area contributed by atoms with Crippen LogP contribution in [0.3, 0.4) is 0 Å². The van der Waals surface area contributed by atoms with Crippen LogP contribution >= 0.6 is 24.0 Å². The molecule has 3 fully saturated rings. The zero-order valence-corrected chi connectivity index (χ0v) is 20.4. The minimum absolute atomic E-state index is 0. The highest BCUT2D eigenvalue weighted by Crippen LogP contribution is 2.22. The Bertz CT molecular complexity index is 711. The second-order valence-corrected chi connectivity index (χ2v) is 9.08. The largest absolute Gasteiger partial charge is 0.440 e. The molecule has 3 heterocycles. The van der Waals surface area contributed by atoms with Gasteiger partial charge in [0.05, 0.1) is 13.2 Å². The van der Waals surface area contributed by atoms with Crippen molar-refractivity contribution < 1.29 is 19.0 Å². The Labute approximate surface area is 201 Å². The zero-order valence-electron chi connectivity index (χ0n) is 18.8. The molecule has 0 aliphatic carbocycles. The standard InChI is InChI=1S/C22H33ClN4O4.ClH/c1-24-11-13-29-19(15-24)21(20-16-25(2)12-14-30-20)31-22(28)27-9-7-26(8-10-27)18-5-3-17(23)4-6-18;/h3-6,19-21H,7-16H2,1-2H3;1H. The Hall–Kier alpha value is -1.29. The Morgan fingerprint density at radius 1 is 0.938 bits per heavy atom. The summed E-state index contributed by atoms with van der Waals surface area (Å²) in [5.41, 5.74) is 1.12. The quantitative estimate of drug-likeness (QED) is 0.642. The van der Waals surface area contributed by atoms with Gasteiger partial charge in [-0.1, -0.05) is 11.6 Å². The predicted molar refractivity (Wildman–Crippen MR) is 127 cm³/mol. The summed E-state index contributed by atoms with van der Waals surface area (Å²) in [7, 11) is 4.14. The molecule has 0 spiro atoms. The first-order chi connectivity index (χ1) is 15.0. The van der Waals surface area contributed by atoms with Crippen LogP contribution in [0.5, 0.6) is 0 Å². The number of morpholine rings is 2. The van der Waals surface area contributed by atoms with Crippen LogP contribution in [0.4, 0.5) is 10.5 Å². The number of halogens is 2. The van der Waals surface area contributed by atoms with E-state index in [0.29, 0.717) is 26.3 Å². The second kappa shape index (κ2) is 11.7. The highest BCUT2D eigenvalue weighted by atomic mass is 35.5. The lowest BCUT2D eigenvalue weighted by Gasteiger charge is -2.42. The molecule has 32 heavy (non-hydrogen) atoms. The van der Waals surface area contributed by atoms with Crippen molar-refractivity contribution in [2.45, 2.75) is 18.3 Å². The van der Waals surface area contributed by atoms with Crippen LogP contribution in [0.2, 0.25) is 5.02 Å². The van der Waals surface area contributed by atoms with Gasteiger partial charge in [-0.05, 0) is 38.4 Å². The molecule has 10 heteroatoms. The van der Waals surface area contributed by atoms with Crippen LogP contribution in [0.15, 0.2) is 24.3 Å². The number of carbonyl (C=O) groups excluding carboxylic acids is 1. The lowest BCUT2D eigenvalue weighted by atomic mass is 10.0. The molecule has 0 bridgehead atoms. The molecule has 0 aromatic heterocycles. The first-order valence-corrected chi connectivity index (χ1v) is 11.4. The van der Waals surface area contributed by atoms with Crippen LogP contribution in [0.1, 0.15) is 0 Å². The summed E-state index contributed by atoms with van der Waals surface area (Å²) in [5, 5.41) is 0.725. The van der Waals surface area contributed by atoms with Gasteiger partial charge in [0.15, 0.2) is 6.10 Å². The van der Waals surface area contributed by atoms with Crippen LogP contribution in [0.25, 0.3) is 0 Å². The number of rotatable bonds is 4. The van der Waals surface area contributed by atoms with Crippen LogP contribution in [0, 0.1) is 0 Å². The van der Waals surface area contributed by atoms with E-state index in [0.717, 1.165) is 50.0 Å². The van der Waals surface area contributed by atoms with Gasteiger partial charge in [0.1, 0.15) is 12.2 Å². The molecule has 1 aromatic rings. The minimum atomic E-state index is -0.424. The number of benzene rings is 1. The third kappa shape index (κ3) is 6.40. The number of hydrogen-bond acceptors (Lipinski definition) is 7. The molecule has 180 valence electrons. The van der Waals surface area contributed by atoms with E-state index in [-0.39, 0.29) is 30.7 Å². The fourth-order valence-electron chi connectivity index (χ4n) is 4.40. The van der Waals surface area contributed by atoms with E-state index in [1.54, 1.807) is 4.90 Å². The predicted octanol–water partition coefficient (Wildman–Crippen LogP) is 2.05. The SMILES string of the molecule is CN1CCOC(C(OC(=O)N2CCN(c3ccc(Cl)cc3)CC2)C2CN(C)CCO2)C1.Cl. The van der Waals surface area contributed by atoms with Crippen molar-refractivity contribution in [1.29, 1.82) is 0 Å². The first-order valence-electron chi connectivity index (χ1n) is 11.1. The lowest BCUT2D eigenvalue weighted by molar-refractivity contribution is -0.156. The van der Waals surface area contributed by atoms with E-state index in [1.807, 2.05) is 24.3 Å². The summed E-state index contributed by atoms with van der Waals surface area (Å²) in [5.74, 6) is 0. The maximum atomic E-state index is 13.1.